The normalized spacial score (nSPS) is 16.0. The van der Waals surface area contributed by atoms with Gasteiger partial charge in [0.05, 0.1) is 0 Å². The fourth-order valence-corrected chi connectivity index (χ4v) is 2.99. The van der Waals surface area contributed by atoms with Gasteiger partial charge in [0.1, 0.15) is 12.4 Å². The van der Waals surface area contributed by atoms with Crippen LogP contribution in [0.3, 0.4) is 0 Å². The molecule has 0 bridgehead atoms. The molecule has 0 aromatic heterocycles. The highest BCUT2D eigenvalue weighted by Crippen LogP contribution is 2.21. The average Bonchev–Trinajstić information content (AvgIpc) is 2.65. The van der Waals surface area contributed by atoms with Crippen molar-refractivity contribution in [2.45, 2.75) is 26.7 Å². The molecule has 1 fully saturated rings. The van der Waals surface area contributed by atoms with Crippen molar-refractivity contribution in [3.63, 3.8) is 0 Å². The van der Waals surface area contributed by atoms with Crippen molar-refractivity contribution >= 4 is 11.9 Å². The quantitative estimate of drug-likeness (QED) is 0.707. The first-order valence-corrected chi connectivity index (χ1v) is 9.11. The summed E-state index contributed by atoms with van der Waals surface area (Å²) in [5, 5.41) is 3.29. The Bertz CT molecular complexity index is 532. The third kappa shape index (κ3) is 5.77. The largest absolute Gasteiger partial charge is 0.492 e. The highest BCUT2D eigenvalue weighted by molar-refractivity contribution is 5.95. The second-order valence-electron chi connectivity index (χ2n) is 6.17. The molecule has 1 aromatic carbocycles. The van der Waals surface area contributed by atoms with E-state index in [-0.39, 0.29) is 11.7 Å². The molecule has 0 aliphatic carbocycles. The Morgan fingerprint density at radius 3 is 2.67 bits per heavy atom. The number of hydrogen-bond acceptors (Lipinski definition) is 4. The van der Waals surface area contributed by atoms with Crippen LogP contribution in [0.4, 0.5) is 0 Å². The van der Waals surface area contributed by atoms with E-state index in [4.69, 9.17) is 4.74 Å². The minimum atomic E-state index is 0.165. The summed E-state index contributed by atoms with van der Waals surface area (Å²) >= 11 is 0. The van der Waals surface area contributed by atoms with Crippen molar-refractivity contribution in [3.8, 4) is 5.75 Å². The number of nitrogens with zero attached hydrogens (tertiary/aromatic N) is 1. The molecule has 1 saturated heterocycles. The van der Waals surface area contributed by atoms with Gasteiger partial charge in [-0.1, -0.05) is 32.0 Å². The molecule has 0 saturated carbocycles. The number of allylic oxidation sites excluding steroid dienone is 1. The van der Waals surface area contributed by atoms with Gasteiger partial charge < -0.3 is 15.0 Å². The van der Waals surface area contributed by atoms with E-state index in [1.807, 2.05) is 30.3 Å². The molecule has 24 heavy (non-hydrogen) atoms. The molecule has 1 aromatic rings. The molecule has 0 radical (unpaired) electrons. The molecule has 4 heteroatoms. The van der Waals surface area contributed by atoms with Gasteiger partial charge >= 0.3 is 0 Å². The molecule has 4 nitrogen and oxygen atoms in total. The summed E-state index contributed by atoms with van der Waals surface area (Å²) < 4.78 is 5.93. The highest BCUT2D eigenvalue weighted by Gasteiger charge is 2.18. The Hall–Kier alpha value is -1.65. The first-order chi connectivity index (χ1) is 11.7. The maximum atomic E-state index is 12.3. The summed E-state index contributed by atoms with van der Waals surface area (Å²) in [6, 6.07) is 7.92. The summed E-state index contributed by atoms with van der Waals surface area (Å²) in [6.45, 7) is 9.84. The number of para-hydroxylation sites is 1. The fraction of sp³-hybridized carbons (Fsp3) is 0.550. The Kier molecular flexibility index (Phi) is 7.99. The number of ether oxygens (including phenoxy) is 1. The molecule has 2 rings (SSSR count). The van der Waals surface area contributed by atoms with E-state index in [0.29, 0.717) is 6.61 Å². The summed E-state index contributed by atoms with van der Waals surface area (Å²) in [5.41, 5.74) is 0.972. The maximum absolute atomic E-state index is 12.3. The van der Waals surface area contributed by atoms with E-state index in [0.717, 1.165) is 56.9 Å². The lowest BCUT2D eigenvalue weighted by Crippen LogP contribution is -2.31. The van der Waals surface area contributed by atoms with Crippen molar-refractivity contribution in [2.24, 2.45) is 5.92 Å². The monoisotopic (exact) mass is 330 g/mol. The molecule has 1 N–H and O–H groups in total. The number of nitrogens with one attached hydrogen (secondary N) is 1. The van der Waals surface area contributed by atoms with Gasteiger partial charge in [-0.3, -0.25) is 4.79 Å². The number of hydrogen-bond donors (Lipinski definition) is 1. The van der Waals surface area contributed by atoms with Gasteiger partial charge in [-0.2, -0.15) is 0 Å². The first-order valence-electron chi connectivity index (χ1n) is 9.11. The van der Waals surface area contributed by atoms with Crippen LogP contribution in [0.25, 0.3) is 6.08 Å². The van der Waals surface area contributed by atoms with Crippen LogP contribution >= 0.6 is 0 Å². The van der Waals surface area contributed by atoms with E-state index in [1.54, 1.807) is 6.08 Å². The summed E-state index contributed by atoms with van der Waals surface area (Å²) in [4.78, 5) is 14.6. The van der Waals surface area contributed by atoms with Crippen molar-refractivity contribution in [1.29, 1.82) is 0 Å². The molecule has 1 aliphatic heterocycles. The second kappa shape index (κ2) is 10.3. The zero-order valence-electron chi connectivity index (χ0n) is 15.0. The number of carbonyl (C=O) groups excluding carboxylic acids is 1. The van der Waals surface area contributed by atoms with Gasteiger partial charge in [0.25, 0.3) is 0 Å². The van der Waals surface area contributed by atoms with Crippen LogP contribution < -0.4 is 10.1 Å². The Morgan fingerprint density at radius 1 is 1.25 bits per heavy atom. The predicted molar refractivity (Wildman–Crippen MR) is 99.4 cm³/mol. The lowest BCUT2D eigenvalue weighted by molar-refractivity contribution is -0.118. The molecule has 1 heterocycles. The van der Waals surface area contributed by atoms with Gasteiger partial charge in [-0.15, -0.1) is 0 Å². The summed E-state index contributed by atoms with van der Waals surface area (Å²) in [7, 11) is 0. The minimum Gasteiger partial charge on any atom is -0.492 e. The molecule has 0 amide bonds. The standard InChI is InChI=1S/C20H30N2O2/c1-3-22(4-2)15-16-24-20-8-6-5-7-18(20)9-10-19(23)17-11-13-21-14-12-17/h5-10,17,21H,3-4,11-16H2,1-2H3/b10-9+. The van der Waals surface area contributed by atoms with Gasteiger partial charge in [0.2, 0.25) is 0 Å². The lowest BCUT2D eigenvalue weighted by atomic mass is 9.93. The van der Waals surface area contributed by atoms with E-state index >= 15 is 0 Å². The highest BCUT2D eigenvalue weighted by atomic mass is 16.5. The average molecular weight is 330 g/mol. The molecular formula is C20H30N2O2. The molecular weight excluding hydrogens is 300 g/mol. The summed E-state index contributed by atoms with van der Waals surface area (Å²) in [6.07, 6.45) is 5.50. The van der Waals surface area contributed by atoms with Crippen LogP contribution in [0.1, 0.15) is 32.3 Å². The van der Waals surface area contributed by atoms with E-state index in [9.17, 15) is 4.79 Å². The van der Waals surface area contributed by atoms with E-state index < -0.39 is 0 Å². The molecule has 132 valence electrons. The number of piperidine rings is 1. The molecule has 0 spiro atoms. The number of rotatable bonds is 9. The van der Waals surface area contributed by atoms with Crippen LogP contribution in [0.5, 0.6) is 5.75 Å². The predicted octanol–water partition coefficient (Wildman–Crippen LogP) is 2.99. The third-order valence-electron chi connectivity index (χ3n) is 4.65. The van der Waals surface area contributed by atoms with Crippen molar-refractivity contribution in [3.05, 3.63) is 35.9 Å². The van der Waals surface area contributed by atoms with Gasteiger partial charge in [-0.05, 0) is 57.2 Å². The third-order valence-corrected chi connectivity index (χ3v) is 4.65. The first kappa shape index (κ1) is 18.7. The zero-order chi connectivity index (χ0) is 17.2. The van der Waals surface area contributed by atoms with Gasteiger partial charge in [0.15, 0.2) is 5.78 Å². The maximum Gasteiger partial charge on any atom is 0.158 e. The van der Waals surface area contributed by atoms with E-state index in [2.05, 4.69) is 24.1 Å². The molecule has 0 atom stereocenters. The Balaban J connectivity index is 1.92. The van der Waals surface area contributed by atoms with Crippen LogP contribution in [-0.4, -0.2) is 50.0 Å². The second-order valence-corrected chi connectivity index (χ2v) is 6.17. The fourth-order valence-electron chi connectivity index (χ4n) is 2.99. The van der Waals surface area contributed by atoms with Gasteiger partial charge in [0, 0.05) is 18.0 Å². The van der Waals surface area contributed by atoms with E-state index in [1.165, 1.54) is 0 Å². The number of benzene rings is 1. The SMILES string of the molecule is CCN(CC)CCOc1ccccc1/C=C/C(=O)C1CCNCC1. The van der Waals surface area contributed by atoms with Crippen LogP contribution in [0.15, 0.2) is 30.3 Å². The minimum absolute atomic E-state index is 0.165. The zero-order valence-corrected chi connectivity index (χ0v) is 15.0. The number of carbonyl (C=O) groups is 1. The van der Waals surface area contributed by atoms with Crippen molar-refractivity contribution in [2.75, 3.05) is 39.3 Å². The van der Waals surface area contributed by atoms with Crippen molar-refractivity contribution < 1.29 is 9.53 Å². The van der Waals surface area contributed by atoms with Gasteiger partial charge in [-0.25, -0.2) is 0 Å². The molecule has 1 aliphatic rings. The topological polar surface area (TPSA) is 41.6 Å². The lowest BCUT2D eigenvalue weighted by Gasteiger charge is -2.20. The van der Waals surface area contributed by atoms with Crippen LogP contribution in [0.2, 0.25) is 0 Å². The smallest absolute Gasteiger partial charge is 0.158 e. The van der Waals surface area contributed by atoms with Crippen LogP contribution in [-0.2, 0) is 4.79 Å². The molecule has 0 unspecified atom stereocenters. The van der Waals surface area contributed by atoms with Crippen LogP contribution in [0, 0.1) is 5.92 Å². The Labute approximate surface area is 145 Å². The number of ketones is 1. The number of likely N-dealkylation sites (N-methyl/N-ethyl adjacent to an activating group) is 1. The Morgan fingerprint density at radius 2 is 1.96 bits per heavy atom. The summed E-state index contributed by atoms with van der Waals surface area (Å²) in [5.74, 6) is 1.24. The van der Waals surface area contributed by atoms with Crippen molar-refractivity contribution in [1.82, 2.24) is 10.2 Å².